The maximum atomic E-state index is 12.2. The fraction of sp³-hybridized carbons (Fsp3) is 0.118. The molecule has 8 heteroatoms. The molecule has 0 aliphatic carbocycles. The van der Waals surface area contributed by atoms with Gasteiger partial charge >= 0.3 is 0 Å². The Morgan fingerprint density at radius 2 is 1.76 bits per heavy atom. The molecule has 2 aromatic carbocycles. The monoisotopic (exact) mass is 409 g/mol. The minimum atomic E-state index is -0.228. The molecule has 0 saturated carbocycles. The Labute approximate surface area is 163 Å². The first-order valence-electron chi connectivity index (χ1n) is 7.35. The van der Waals surface area contributed by atoms with Crippen molar-refractivity contribution >= 4 is 52.2 Å². The molecule has 1 aromatic heterocycles. The molecular formula is C17H13Cl2N3OS2. The van der Waals surface area contributed by atoms with E-state index in [1.165, 1.54) is 23.1 Å². The molecule has 0 radical (unpaired) electrons. The Kier molecular flexibility index (Phi) is 6.31. The summed E-state index contributed by atoms with van der Waals surface area (Å²) < 4.78 is 0. The number of nitrogens with one attached hydrogen (secondary N) is 1. The highest BCUT2D eigenvalue weighted by molar-refractivity contribution is 7.98. The summed E-state index contributed by atoms with van der Waals surface area (Å²) in [5.41, 5.74) is 1.03. The molecular weight excluding hydrogens is 397 g/mol. The van der Waals surface area contributed by atoms with Crippen LogP contribution in [0.5, 0.6) is 0 Å². The lowest BCUT2D eigenvalue weighted by molar-refractivity contribution is 0.0950. The highest BCUT2D eigenvalue weighted by Crippen LogP contribution is 2.36. The van der Waals surface area contributed by atoms with E-state index < -0.39 is 0 Å². The lowest BCUT2D eigenvalue weighted by atomic mass is 10.2. The fourth-order valence-electron chi connectivity index (χ4n) is 2.01. The van der Waals surface area contributed by atoms with Crippen molar-refractivity contribution in [2.24, 2.45) is 0 Å². The maximum absolute atomic E-state index is 12.2. The first-order chi connectivity index (χ1) is 12.1. The second kappa shape index (κ2) is 8.67. The van der Waals surface area contributed by atoms with Gasteiger partial charge < -0.3 is 5.32 Å². The van der Waals surface area contributed by atoms with Crippen LogP contribution >= 0.6 is 46.3 Å². The van der Waals surface area contributed by atoms with E-state index in [1.54, 1.807) is 18.2 Å². The summed E-state index contributed by atoms with van der Waals surface area (Å²) in [5, 5.41) is 13.2. The van der Waals surface area contributed by atoms with Crippen LogP contribution in [-0.2, 0) is 12.3 Å². The summed E-state index contributed by atoms with van der Waals surface area (Å²) in [7, 11) is 0. The van der Waals surface area contributed by atoms with Gasteiger partial charge in [0, 0.05) is 11.4 Å². The number of carbonyl (C=O) groups is 1. The van der Waals surface area contributed by atoms with Crippen molar-refractivity contribution in [1.82, 2.24) is 15.5 Å². The number of amides is 1. The van der Waals surface area contributed by atoms with Gasteiger partial charge in [-0.05, 0) is 17.7 Å². The van der Waals surface area contributed by atoms with Crippen LogP contribution in [-0.4, -0.2) is 16.1 Å². The molecule has 0 fully saturated rings. The average molecular weight is 410 g/mol. The quantitative estimate of drug-likeness (QED) is 0.577. The van der Waals surface area contributed by atoms with E-state index in [1.807, 2.05) is 30.3 Å². The molecule has 0 aliphatic rings. The summed E-state index contributed by atoms with van der Waals surface area (Å²) in [6.07, 6.45) is 0. The summed E-state index contributed by atoms with van der Waals surface area (Å²) in [6, 6.07) is 15.1. The van der Waals surface area contributed by atoms with Gasteiger partial charge in [-0.25, -0.2) is 0 Å². The molecule has 4 nitrogen and oxygen atoms in total. The molecule has 0 saturated heterocycles. The Morgan fingerprint density at radius 3 is 2.48 bits per heavy atom. The number of aromatic nitrogens is 2. The molecule has 1 amide bonds. The predicted molar refractivity (Wildman–Crippen MR) is 104 cm³/mol. The van der Waals surface area contributed by atoms with Gasteiger partial charge in [-0.2, -0.15) is 0 Å². The molecule has 3 rings (SSSR count). The van der Waals surface area contributed by atoms with Crippen molar-refractivity contribution < 1.29 is 4.79 Å². The van der Waals surface area contributed by atoms with Gasteiger partial charge in [0.05, 0.1) is 15.8 Å². The van der Waals surface area contributed by atoms with Crippen molar-refractivity contribution in [1.29, 1.82) is 0 Å². The maximum Gasteiger partial charge on any atom is 0.282 e. The summed E-state index contributed by atoms with van der Waals surface area (Å²) in [6.45, 7) is 0.457. The number of halogens is 2. The average Bonchev–Trinajstić information content (AvgIpc) is 3.09. The second-order valence-electron chi connectivity index (χ2n) is 5.01. The largest absolute Gasteiger partial charge is 0.346 e. The Hall–Kier alpha value is -1.60. The first kappa shape index (κ1) is 18.2. The normalized spacial score (nSPS) is 10.6. The molecule has 0 spiro atoms. The van der Waals surface area contributed by atoms with Crippen LogP contribution in [0.4, 0.5) is 0 Å². The number of rotatable bonds is 6. The third-order valence-electron chi connectivity index (χ3n) is 3.22. The van der Waals surface area contributed by atoms with Crippen molar-refractivity contribution in [3.63, 3.8) is 0 Å². The minimum absolute atomic E-state index is 0.228. The molecule has 0 atom stereocenters. The van der Waals surface area contributed by atoms with Crippen molar-refractivity contribution in [3.05, 3.63) is 74.2 Å². The molecule has 1 heterocycles. The Morgan fingerprint density at radius 1 is 1.04 bits per heavy atom. The van der Waals surface area contributed by atoms with E-state index in [9.17, 15) is 4.79 Å². The first-order valence-corrected chi connectivity index (χ1v) is 9.90. The number of benzene rings is 2. The van der Waals surface area contributed by atoms with E-state index in [0.29, 0.717) is 27.4 Å². The lowest BCUT2D eigenvalue weighted by Crippen LogP contribution is -2.22. The number of hydrogen-bond donors (Lipinski definition) is 1. The van der Waals surface area contributed by atoms with Gasteiger partial charge in [-0.3, -0.25) is 4.79 Å². The van der Waals surface area contributed by atoms with Gasteiger partial charge in [0.2, 0.25) is 5.01 Å². The zero-order valence-electron chi connectivity index (χ0n) is 12.9. The third-order valence-corrected chi connectivity index (χ3v) is 6.32. The van der Waals surface area contributed by atoms with Crippen LogP contribution in [0.1, 0.15) is 20.4 Å². The lowest BCUT2D eigenvalue weighted by Gasteiger charge is -2.04. The van der Waals surface area contributed by atoms with Gasteiger partial charge in [0.15, 0.2) is 0 Å². The topological polar surface area (TPSA) is 54.9 Å². The number of carbonyl (C=O) groups excluding carboxylic acids is 1. The van der Waals surface area contributed by atoms with Crippen LogP contribution in [0.15, 0.2) is 53.4 Å². The summed E-state index contributed by atoms with van der Waals surface area (Å²) in [5.74, 6) is 0.320. The number of nitrogens with zero attached hydrogens (tertiary/aromatic N) is 2. The van der Waals surface area contributed by atoms with E-state index in [0.717, 1.165) is 15.5 Å². The molecule has 0 bridgehead atoms. The van der Waals surface area contributed by atoms with Gasteiger partial charge in [-0.15, -0.1) is 22.0 Å². The Balaban J connectivity index is 1.57. The van der Waals surface area contributed by atoms with E-state index in [-0.39, 0.29) is 5.91 Å². The van der Waals surface area contributed by atoms with Crippen LogP contribution < -0.4 is 5.32 Å². The fourth-order valence-corrected chi connectivity index (χ4v) is 4.44. The number of hydrogen-bond acceptors (Lipinski definition) is 5. The predicted octanol–water partition coefficient (Wildman–Crippen LogP) is 5.07. The Bertz CT molecular complexity index is 851. The smallest absolute Gasteiger partial charge is 0.282 e. The molecule has 1 N–H and O–H groups in total. The highest BCUT2D eigenvalue weighted by Gasteiger charge is 2.14. The zero-order valence-corrected chi connectivity index (χ0v) is 16.1. The zero-order chi connectivity index (χ0) is 17.6. The third kappa shape index (κ3) is 4.95. The van der Waals surface area contributed by atoms with Crippen molar-refractivity contribution in [2.75, 3.05) is 0 Å². The van der Waals surface area contributed by atoms with Gasteiger partial charge in [-0.1, -0.05) is 70.9 Å². The van der Waals surface area contributed by atoms with Crippen LogP contribution in [0.25, 0.3) is 0 Å². The second-order valence-corrected chi connectivity index (χ2v) is 7.87. The van der Waals surface area contributed by atoms with E-state index in [2.05, 4.69) is 15.5 Å². The number of thioether (sulfide) groups is 1. The van der Waals surface area contributed by atoms with Crippen LogP contribution in [0.3, 0.4) is 0 Å². The molecule has 3 aromatic rings. The van der Waals surface area contributed by atoms with Gasteiger partial charge in [0.25, 0.3) is 5.91 Å². The highest BCUT2D eigenvalue weighted by atomic mass is 35.5. The SMILES string of the molecule is O=C(NCc1ccccc1)c1nnc(CSc2c(Cl)cccc2Cl)s1. The van der Waals surface area contributed by atoms with Crippen LogP contribution in [0.2, 0.25) is 10.0 Å². The standard InChI is InChI=1S/C17H13Cl2N3OS2/c18-12-7-4-8-13(19)15(12)24-10-14-21-22-17(25-14)16(23)20-9-11-5-2-1-3-6-11/h1-8H,9-10H2,(H,20,23). The molecule has 0 unspecified atom stereocenters. The molecule has 128 valence electrons. The van der Waals surface area contributed by atoms with Gasteiger partial charge in [0.1, 0.15) is 5.01 Å². The summed E-state index contributed by atoms with van der Waals surface area (Å²) in [4.78, 5) is 13.0. The summed E-state index contributed by atoms with van der Waals surface area (Å²) >= 11 is 15.0. The van der Waals surface area contributed by atoms with E-state index in [4.69, 9.17) is 23.2 Å². The van der Waals surface area contributed by atoms with Crippen LogP contribution in [0, 0.1) is 0 Å². The molecule has 25 heavy (non-hydrogen) atoms. The molecule has 0 aliphatic heterocycles. The van der Waals surface area contributed by atoms with E-state index >= 15 is 0 Å². The van der Waals surface area contributed by atoms with Crippen molar-refractivity contribution in [3.8, 4) is 0 Å². The minimum Gasteiger partial charge on any atom is -0.346 e. The van der Waals surface area contributed by atoms with Crippen molar-refractivity contribution in [2.45, 2.75) is 17.2 Å².